The number of nitro benzene ring substituents is 1. The van der Waals surface area contributed by atoms with Crippen molar-refractivity contribution in [2.24, 2.45) is 0 Å². The summed E-state index contributed by atoms with van der Waals surface area (Å²) in [6, 6.07) is 1.63. The first kappa shape index (κ1) is 12.7. The molecule has 18 heavy (non-hydrogen) atoms. The van der Waals surface area contributed by atoms with Crippen molar-refractivity contribution in [2.45, 2.75) is 12.5 Å². The van der Waals surface area contributed by atoms with Crippen LogP contribution < -0.4 is 5.32 Å². The van der Waals surface area contributed by atoms with Crippen LogP contribution in [0.3, 0.4) is 0 Å². The Hall–Kier alpha value is -1.76. The second kappa shape index (κ2) is 4.85. The molecule has 1 aromatic rings. The van der Waals surface area contributed by atoms with Crippen molar-refractivity contribution in [3.05, 3.63) is 33.9 Å². The molecule has 0 spiro atoms. The molecule has 1 fully saturated rings. The van der Waals surface area contributed by atoms with Gasteiger partial charge in [-0.05, 0) is 26.1 Å². The molecule has 0 radical (unpaired) electrons. The Kier molecular flexibility index (Phi) is 3.42. The Morgan fingerprint density at radius 1 is 1.50 bits per heavy atom. The molecule has 0 bridgehead atoms. The number of benzene rings is 1. The number of nitrogens with one attached hydrogen (secondary N) is 1. The van der Waals surface area contributed by atoms with Gasteiger partial charge in [0.1, 0.15) is 0 Å². The minimum absolute atomic E-state index is 0.106. The first-order valence-electron chi connectivity index (χ1n) is 5.56. The van der Waals surface area contributed by atoms with E-state index in [1.165, 1.54) is 0 Å². The normalized spacial score (nSPS) is 20.1. The number of halogens is 2. The topological polar surface area (TPSA) is 58.4 Å². The fraction of sp³-hybridized carbons (Fsp3) is 0.455. The van der Waals surface area contributed by atoms with Gasteiger partial charge in [-0.2, -0.15) is 0 Å². The van der Waals surface area contributed by atoms with Crippen LogP contribution in [0.5, 0.6) is 0 Å². The lowest BCUT2D eigenvalue weighted by atomic mass is 10.2. The molecule has 1 aromatic carbocycles. The molecule has 0 amide bonds. The molecule has 1 atom stereocenters. The number of nitrogens with zero attached hydrogens (tertiary/aromatic N) is 2. The van der Waals surface area contributed by atoms with Gasteiger partial charge in [-0.15, -0.1) is 0 Å². The van der Waals surface area contributed by atoms with Crippen LogP contribution >= 0.6 is 0 Å². The molecular weight excluding hydrogens is 244 g/mol. The van der Waals surface area contributed by atoms with E-state index in [0.29, 0.717) is 6.54 Å². The molecule has 2 rings (SSSR count). The average Bonchev–Trinajstić information content (AvgIpc) is 2.70. The zero-order valence-corrected chi connectivity index (χ0v) is 9.82. The Morgan fingerprint density at radius 3 is 2.78 bits per heavy atom. The number of likely N-dealkylation sites (N-methyl/N-ethyl adjacent to an activating group) is 1. The lowest BCUT2D eigenvalue weighted by Crippen LogP contribution is -2.24. The lowest BCUT2D eigenvalue weighted by molar-refractivity contribution is -0.384. The van der Waals surface area contributed by atoms with Gasteiger partial charge >= 0.3 is 0 Å². The summed E-state index contributed by atoms with van der Waals surface area (Å²) in [5.41, 5.74) is -0.802. The maximum atomic E-state index is 13.6. The van der Waals surface area contributed by atoms with Crippen molar-refractivity contribution in [1.82, 2.24) is 4.90 Å². The SMILES string of the molecule is CN1CCC(Nc2c([N+](=O)[O-])ccc(F)c2F)C1. The first-order chi connectivity index (χ1) is 8.49. The van der Waals surface area contributed by atoms with Gasteiger partial charge in [0.2, 0.25) is 0 Å². The predicted octanol–water partition coefficient (Wildman–Crippen LogP) is 1.99. The fourth-order valence-electron chi connectivity index (χ4n) is 2.09. The highest BCUT2D eigenvalue weighted by Crippen LogP contribution is 2.30. The van der Waals surface area contributed by atoms with E-state index in [-0.39, 0.29) is 11.7 Å². The molecule has 98 valence electrons. The van der Waals surface area contributed by atoms with E-state index in [9.17, 15) is 18.9 Å². The van der Waals surface area contributed by atoms with Crippen LogP contribution in [-0.2, 0) is 0 Å². The molecule has 0 aromatic heterocycles. The van der Waals surface area contributed by atoms with Gasteiger partial charge in [0.15, 0.2) is 17.3 Å². The van der Waals surface area contributed by atoms with Gasteiger partial charge in [0, 0.05) is 18.7 Å². The summed E-state index contributed by atoms with van der Waals surface area (Å²) in [6.07, 6.45) is 0.740. The van der Waals surface area contributed by atoms with Gasteiger partial charge in [-0.25, -0.2) is 8.78 Å². The van der Waals surface area contributed by atoms with Crippen LogP contribution in [0.2, 0.25) is 0 Å². The van der Waals surface area contributed by atoms with Crippen LogP contribution in [0.25, 0.3) is 0 Å². The average molecular weight is 257 g/mol. The summed E-state index contributed by atoms with van der Waals surface area (Å²) in [7, 11) is 1.90. The Labute approximate surface area is 103 Å². The molecule has 0 saturated carbocycles. The van der Waals surface area contributed by atoms with Gasteiger partial charge in [0.25, 0.3) is 5.69 Å². The lowest BCUT2D eigenvalue weighted by Gasteiger charge is -2.15. The molecule has 1 saturated heterocycles. The Balaban J connectivity index is 2.30. The predicted molar refractivity (Wildman–Crippen MR) is 62.5 cm³/mol. The van der Waals surface area contributed by atoms with Crippen molar-refractivity contribution in [1.29, 1.82) is 0 Å². The molecule has 7 heteroatoms. The molecule has 1 unspecified atom stereocenters. The minimum Gasteiger partial charge on any atom is -0.373 e. The standard InChI is InChI=1S/C11H13F2N3O2/c1-15-5-4-7(6-15)14-11-9(16(17)18)3-2-8(12)10(11)13/h2-3,7,14H,4-6H2,1H3. The van der Waals surface area contributed by atoms with Gasteiger partial charge in [0.05, 0.1) is 4.92 Å². The van der Waals surface area contributed by atoms with E-state index >= 15 is 0 Å². The number of nitro groups is 1. The molecule has 1 aliphatic heterocycles. The molecule has 1 N–H and O–H groups in total. The smallest absolute Gasteiger partial charge is 0.295 e. The van der Waals surface area contributed by atoms with Gasteiger partial charge in [-0.3, -0.25) is 10.1 Å². The second-order valence-corrected chi connectivity index (χ2v) is 4.40. The molecule has 0 aliphatic carbocycles. The number of likely N-dealkylation sites (tertiary alicyclic amines) is 1. The van der Waals surface area contributed by atoms with E-state index in [1.807, 2.05) is 11.9 Å². The fourth-order valence-corrected chi connectivity index (χ4v) is 2.09. The van der Waals surface area contributed by atoms with E-state index < -0.39 is 22.2 Å². The van der Waals surface area contributed by atoms with E-state index in [0.717, 1.165) is 25.1 Å². The summed E-state index contributed by atoms with van der Waals surface area (Å²) < 4.78 is 26.7. The largest absolute Gasteiger partial charge is 0.373 e. The van der Waals surface area contributed by atoms with Crippen LogP contribution in [0.4, 0.5) is 20.2 Å². The summed E-state index contributed by atoms with van der Waals surface area (Å²) in [5, 5.41) is 13.5. The van der Waals surface area contributed by atoms with Crippen LogP contribution in [0.1, 0.15) is 6.42 Å². The Bertz CT molecular complexity index is 482. The van der Waals surface area contributed by atoms with Crippen molar-refractivity contribution >= 4 is 11.4 Å². The third-order valence-electron chi connectivity index (χ3n) is 3.01. The second-order valence-electron chi connectivity index (χ2n) is 4.40. The molecular formula is C11H13F2N3O2. The third kappa shape index (κ3) is 2.40. The first-order valence-corrected chi connectivity index (χ1v) is 5.56. The highest BCUT2D eigenvalue weighted by atomic mass is 19.2. The van der Waals surface area contributed by atoms with Crippen LogP contribution in [0, 0.1) is 21.7 Å². The number of hydrogen-bond donors (Lipinski definition) is 1. The highest BCUT2D eigenvalue weighted by molar-refractivity contribution is 5.63. The molecule has 1 heterocycles. The molecule has 5 nitrogen and oxygen atoms in total. The third-order valence-corrected chi connectivity index (χ3v) is 3.01. The Morgan fingerprint density at radius 2 is 2.22 bits per heavy atom. The van der Waals surface area contributed by atoms with Gasteiger partial charge < -0.3 is 10.2 Å². The summed E-state index contributed by atoms with van der Waals surface area (Å²) in [4.78, 5) is 12.1. The summed E-state index contributed by atoms with van der Waals surface area (Å²) in [5.74, 6) is -2.28. The number of rotatable bonds is 3. The zero-order valence-electron chi connectivity index (χ0n) is 9.82. The summed E-state index contributed by atoms with van der Waals surface area (Å²) >= 11 is 0. The van der Waals surface area contributed by atoms with Crippen molar-refractivity contribution in [2.75, 3.05) is 25.5 Å². The highest BCUT2D eigenvalue weighted by Gasteiger charge is 2.26. The van der Waals surface area contributed by atoms with Crippen molar-refractivity contribution in [3.8, 4) is 0 Å². The summed E-state index contributed by atoms with van der Waals surface area (Å²) in [6.45, 7) is 1.47. The quantitative estimate of drug-likeness (QED) is 0.664. The van der Waals surface area contributed by atoms with Crippen molar-refractivity contribution < 1.29 is 13.7 Å². The monoisotopic (exact) mass is 257 g/mol. The van der Waals surface area contributed by atoms with Crippen LogP contribution in [0.15, 0.2) is 12.1 Å². The number of hydrogen-bond acceptors (Lipinski definition) is 4. The van der Waals surface area contributed by atoms with Crippen LogP contribution in [-0.4, -0.2) is 36.0 Å². The maximum absolute atomic E-state index is 13.6. The van der Waals surface area contributed by atoms with Crippen molar-refractivity contribution in [3.63, 3.8) is 0 Å². The minimum atomic E-state index is -1.20. The number of anilines is 1. The van der Waals surface area contributed by atoms with E-state index in [2.05, 4.69) is 5.32 Å². The molecule has 1 aliphatic rings. The maximum Gasteiger partial charge on any atom is 0.295 e. The van der Waals surface area contributed by atoms with Gasteiger partial charge in [-0.1, -0.05) is 0 Å². The van der Waals surface area contributed by atoms with E-state index in [4.69, 9.17) is 0 Å². The zero-order chi connectivity index (χ0) is 13.3. The van der Waals surface area contributed by atoms with E-state index in [1.54, 1.807) is 0 Å².